The van der Waals surface area contributed by atoms with Gasteiger partial charge in [-0.25, -0.2) is 0 Å². The Morgan fingerprint density at radius 1 is 1.46 bits per heavy atom. The van der Waals surface area contributed by atoms with Crippen LogP contribution < -0.4 is 0 Å². The lowest BCUT2D eigenvalue weighted by molar-refractivity contribution is 0.776. The molecule has 72 valence electrons. The van der Waals surface area contributed by atoms with E-state index in [1.54, 1.807) is 5.57 Å². The summed E-state index contributed by atoms with van der Waals surface area (Å²) in [5, 5.41) is 0.971. The Morgan fingerprint density at radius 3 is 3.00 bits per heavy atom. The highest BCUT2D eigenvalue weighted by Crippen LogP contribution is 2.17. The lowest BCUT2D eigenvalue weighted by Crippen LogP contribution is -1.82. The van der Waals surface area contributed by atoms with Crippen molar-refractivity contribution in [3.8, 4) is 0 Å². The summed E-state index contributed by atoms with van der Waals surface area (Å²) in [6, 6.07) is 0. The van der Waals surface area contributed by atoms with Gasteiger partial charge in [-0.2, -0.15) is 0 Å². The maximum atomic E-state index is 3.48. The van der Waals surface area contributed by atoms with E-state index in [4.69, 9.17) is 0 Å². The highest BCUT2D eigenvalue weighted by Gasteiger charge is 1.98. The molecule has 0 amide bonds. The average Bonchev–Trinajstić information content (AvgIpc) is 2.39. The van der Waals surface area contributed by atoms with Gasteiger partial charge in [0.25, 0.3) is 0 Å². The Kier molecular flexibility index (Phi) is 5.14. The third-order valence-electron chi connectivity index (χ3n) is 2.27. The van der Waals surface area contributed by atoms with Gasteiger partial charge in [0.05, 0.1) is 0 Å². The van der Waals surface area contributed by atoms with E-state index in [1.165, 1.54) is 24.8 Å². The third-order valence-corrected chi connectivity index (χ3v) is 2.92. The molecule has 0 aromatic heterocycles. The molecule has 0 atom stereocenters. The van der Waals surface area contributed by atoms with Crippen molar-refractivity contribution in [1.82, 2.24) is 0 Å². The minimum atomic E-state index is 0.971. The van der Waals surface area contributed by atoms with Crippen molar-refractivity contribution < 1.29 is 0 Å². The molecule has 0 fully saturated rings. The fourth-order valence-electron chi connectivity index (χ4n) is 1.39. The molecule has 13 heavy (non-hydrogen) atoms. The second kappa shape index (κ2) is 6.20. The number of hydrogen-bond acceptors (Lipinski definition) is 0. The molecular weight excluding hydrogens is 224 g/mol. The second-order valence-corrected chi connectivity index (χ2v) is 3.97. The first-order valence-electron chi connectivity index (χ1n) is 4.98. The normalized spacial score (nSPS) is 16.5. The minimum Gasteiger partial charge on any atom is -0.0876 e. The SMILES string of the molecule is CCCCC1=CC=CC(CBr)=CC1. The molecule has 0 aromatic rings. The van der Waals surface area contributed by atoms with Crippen LogP contribution in [0.1, 0.15) is 32.6 Å². The summed E-state index contributed by atoms with van der Waals surface area (Å²) in [5.41, 5.74) is 2.96. The average molecular weight is 241 g/mol. The topological polar surface area (TPSA) is 0 Å². The molecule has 0 heterocycles. The van der Waals surface area contributed by atoms with Gasteiger partial charge in [-0.05, 0) is 24.8 Å². The Balaban J connectivity index is 2.48. The van der Waals surface area contributed by atoms with Crippen molar-refractivity contribution in [2.24, 2.45) is 0 Å². The monoisotopic (exact) mass is 240 g/mol. The molecule has 0 nitrogen and oxygen atoms in total. The van der Waals surface area contributed by atoms with Gasteiger partial charge in [-0.15, -0.1) is 0 Å². The predicted octanol–water partition coefficient (Wildman–Crippen LogP) is 4.38. The van der Waals surface area contributed by atoms with Crippen LogP contribution in [0.15, 0.2) is 35.5 Å². The minimum absolute atomic E-state index is 0.971. The molecule has 0 saturated heterocycles. The Labute approximate surface area is 89.5 Å². The van der Waals surface area contributed by atoms with Crippen LogP contribution in [0.2, 0.25) is 0 Å². The Morgan fingerprint density at radius 2 is 2.31 bits per heavy atom. The van der Waals surface area contributed by atoms with Crippen molar-refractivity contribution in [1.29, 1.82) is 0 Å². The summed E-state index contributed by atoms with van der Waals surface area (Å²) in [5.74, 6) is 0. The summed E-state index contributed by atoms with van der Waals surface area (Å²) in [6.07, 6.45) is 13.9. The lowest BCUT2D eigenvalue weighted by Gasteiger charge is -2.01. The molecule has 1 aliphatic carbocycles. The maximum Gasteiger partial charge on any atom is 0.0280 e. The second-order valence-electron chi connectivity index (χ2n) is 3.40. The number of unbranched alkanes of at least 4 members (excludes halogenated alkanes) is 1. The summed E-state index contributed by atoms with van der Waals surface area (Å²) >= 11 is 3.48. The molecule has 0 N–H and O–H groups in total. The summed E-state index contributed by atoms with van der Waals surface area (Å²) in [4.78, 5) is 0. The smallest absolute Gasteiger partial charge is 0.0280 e. The fraction of sp³-hybridized carbons (Fsp3) is 0.500. The van der Waals surface area contributed by atoms with Gasteiger partial charge < -0.3 is 0 Å². The summed E-state index contributed by atoms with van der Waals surface area (Å²) in [7, 11) is 0. The van der Waals surface area contributed by atoms with Gasteiger partial charge in [0.1, 0.15) is 0 Å². The van der Waals surface area contributed by atoms with Gasteiger partial charge in [-0.3, -0.25) is 0 Å². The van der Waals surface area contributed by atoms with E-state index in [1.807, 2.05) is 0 Å². The largest absolute Gasteiger partial charge is 0.0876 e. The molecule has 1 aliphatic rings. The number of alkyl halides is 1. The Bertz CT molecular complexity index is 234. The Hall–Kier alpha value is -0.300. The lowest BCUT2D eigenvalue weighted by atomic mass is 10.1. The predicted molar refractivity (Wildman–Crippen MR) is 63.2 cm³/mol. The third kappa shape index (κ3) is 3.95. The summed E-state index contributed by atoms with van der Waals surface area (Å²) in [6.45, 7) is 2.24. The standard InChI is InChI=1S/C12H17Br/c1-2-3-5-11-6-4-7-12(10-13)9-8-11/h4,6-7,9H,2-3,5,8,10H2,1H3. The number of rotatable bonds is 4. The van der Waals surface area contributed by atoms with Crippen molar-refractivity contribution in [3.05, 3.63) is 35.5 Å². The number of hydrogen-bond donors (Lipinski definition) is 0. The molecule has 0 aromatic carbocycles. The first kappa shape index (κ1) is 10.8. The molecule has 1 heteroatoms. The first-order chi connectivity index (χ1) is 6.36. The molecular formula is C12H17Br. The van der Waals surface area contributed by atoms with E-state index < -0.39 is 0 Å². The van der Waals surface area contributed by atoms with E-state index in [9.17, 15) is 0 Å². The van der Waals surface area contributed by atoms with Crippen LogP contribution in [0, 0.1) is 0 Å². The molecule has 0 unspecified atom stereocenters. The van der Waals surface area contributed by atoms with Gasteiger partial charge in [0.2, 0.25) is 0 Å². The first-order valence-corrected chi connectivity index (χ1v) is 6.10. The van der Waals surface area contributed by atoms with E-state index in [-0.39, 0.29) is 0 Å². The van der Waals surface area contributed by atoms with Crippen LogP contribution in [0.4, 0.5) is 0 Å². The quantitative estimate of drug-likeness (QED) is 0.640. The van der Waals surface area contributed by atoms with Crippen molar-refractivity contribution in [2.45, 2.75) is 32.6 Å². The van der Waals surface area contributed by atoms with E-state index >= 15 is 0 Å². The van der Waals surface area contributed by atoms with Crippen LogP contribution in [-0.2, 0) is 0 Å². The van der Waals surface area contributed by atoms with Crippen molar-refractivity contribution in [2.75, 3.05) is 5.33 Å². The fourth-order valence-corrected chi connectivity index (χ4v) is 1.81. The van der Waals surface area contributed by atoms with Crippen LogP contribution in [0.3, 0.4) is 0 Å². The van der Waals surface area contributed by atoms with Crippen molar-refractivity contribution in [3.63, 3.8) is 0 Å². The number of halogens is 1. The molecule has 0 spiro atoms. The van der Waals surface area contributed by atoms with Crippen LogP contribution in [0.25, 0.3) is 0 Å². The van der Waals surface area contributed by atoms with E-state index in [0.29, 0.717) is 0 Å². The summed E-state index contributed by atoms with van der Waals surface area (Å²) < 4.78 is 0. The van der Waals surface area contributed by atoms with E-state index in [2.05, 4.69) is 47.2 Å². The molecule has 0 aliphatic heterocycles. The van der Waals surface area contributed by atoms with Crippen LogP contribution >= 0.6 is 15.9 Å². The van der Waals surface area contributed by atoms with Crippen LogP contribution in [0.5, 0.6) is 0 Å². The molecule has 1 rings (SSSR count). The number of allylic oxidation sites excluding steroid dienone is 6. The molecule has 0 radical (unpaired) electrons. The van der Waals surface area contributed by atoms with Gasteiger partial charge in [-0.1, -0.05) is 59.2 Å². The maximum absolute atomic E-state index is 3.48. The highest BCUT2D eigenvalue weighted by atomic mass is 79.9. The van der Waals surface area contributed by atoms with E-state index in [0.717, 1.165) is 11.8 Å². The molecule has 0 saturated carbocycles. The van der Waals surface area contributed by atoms with Gasteiger partial charge >= 0.3 is 0 Å². The van der Waals surface area contributed by atoms with Crippen LogP contribution in [-0.4, -0.2) is 5.33 Å². The van der Waals surface area contributed by atoms with Crippen molar-refractivity contribution >= 4 is 15.9 Å². The zero-order chi connectivity index (χ0) is 9.52. The van der Waals surface area contributed by atoms with Gasteiger partial charge in [0.15, 0.2) is 0 Å². The molecule has 0 bridgehead atoms. The van der Waals surface area contributed by atoms with Gasteiger partial charge in [0, 0.05) is 5.33 Å². The zero-order valence-electron chi connectivity index (χ0n) is 8.22. The highest BCUT2D eigenvalue weighted by molar-refractivity contribution is 9.09. The zero-order valence-corrected chi connectivity index (χ0v) is 9.81.